The number of alkyl halides is 6. The van der Waals surface area contributed by atoms with Crippen molar-refractivity contribution in [1.29, 1.82) is 0 Å². The SMILES string of the molecule is C1CCC(NC2CCCCC2)CC1.CN(C)C(=O)[C@H](CC(=O)OC(C)(C)C)N(C)C(=O)[C@H](C1CCCC1)N(C)C(=O)C1(NC(=O)[C@@H]2CCCN2C(=O)[C@H](CCc2cc(F)c(C(F)(F)F)c(F)c2)NC(=O)OCc2ccccc2)CCCC1.O=C(N[C@@H](CCc1cc(F)c(C(F)(F)F)c(F)c1)C(=O)O)OCc1ccccc1. The van der Waals surface area contributed by atoms with Crippen molar-refractivity contribution in [2.75, 3.05) is 34.7 Å². The lowest BCUT2D eigenvalue weighted by Crippen LogP contribution is -2.65. The molecule has 0 unspecified atom stereocenters. The number of amides is 7. The Hall–Kier alpha value is -9.03. The van der Waals surface area contributed by atoms with Gasteiger partial charge in [-0.15, -0.1) is 0 Å². The van der Waals surface area contributed by atoms with E-state index in [0.29, 0.717) is 67.5 Å². The first-order valence-electron chi connectivity index (χ1n) is 38.0. The van der Waals surface area contributed by atoms with Crippen LogP contribution < -0.4 is 21.3 Å². The van der Waals surface area contributed by atoms with Crippen molar-refractivity contribution in [1.82, 2.24) is 40.9 Å². The van der Waals surface area contributed by atoms with E-state index in [1.165, 1.54) is 112 Å². The van der Waals surface area contributed by atoms with Crippen LogP contribution in [-0.2, 0) is 86.2 Å². The number of carbonyl (C=O) groups excluding carboxylic acids is 8. The molecular formula is C80H104F10N8O13. The van der Waals surface area contributed by atoms with Gasteiger partial charge in [-0.1, -0.05) is 125 Å². The first-order valence-corrected chi connectivity index (χ1v) is 38.0. The molecule has 0 radical (unpaired) electrons. The summed E-state index contributed by atoms with van der Waals surface area (Å²) in [6.07, 6.45) is 5.07. The van der Waals surface area contributed by atoms with Crippen LogP contribution in [0.5, 0.6) is 0 Å². The monoisotopic (exact) mass is 1570 g/mol. The van der Waals surface area contributed by atoms with Crippen LogP contribution in [0.1, 0.15) is 202 Å². The maximum Gasteiger partial charge on any atom is 0.422 e. The van der Waals surface area contributed by atoms with E-state index in [2.05, 4.69) is 21.3 Å². The molecule has 612 valence electrons. The van der Waals surface area contributed by atoms with Crippen molar-refractivity contribution in [2.24, 2.45) is 5.92 Å². The molecule has 4 aromatic rings. The number of likely N-dealkylation sites (N-methyl/N-ethyl adjacent to an activating group) is 3. The van der Waals surface area contributed by atoms with Crippen LogP contribution in [0.2, 0.25) is 0 Å². The summed E-state index contributed by atoms with van der Waals surface area (Å²) in [5.74, 6) is -12.8. The third-order valence-corrected chi connectivity index (χ3v) is 20.7. The van der Waals surface area contributed by atoms with Crippen molar-refractivity contribution < 1.29 is 106 Å². The summed E-state index contributed by atoms with van der Waals surface area (Å²) in [4.78, 5) is 126. The highest BCUT2D eigenvalue weighted by Gasteiger charge is 2.51. The number of carboxylic acid groups (broad SMARTS) is 1. The van der Waals surface area contributed by atoms with Crippen molar-refractivity contribution in [3.8, 4) is 0 Å². The maximum absolute atomic E-state index is 15.0. The summed E-state index contributed by atoms with van der Waals surface area (Å²) in [5.41, 5.74) is -5.54. The zero-order valence-electron chi connectivity index (χ0n) is 63.9. The first kappa shape index (κ1) is 89.2. The third-order valence-electron chi connectivity index (χ3n) is 20.7. The normalized spacial score (nSPS) is 17.9. The van der Waals surface area contributed by atoms with E-state index in [1.54, 1.807) is 81.4 Å². The molecule has 21 nitrogen and oxygen atoms in total. The Balaban J connectivity index is 0.000000329. The van der Waals surface area contributed by atoms with Gasteiger partial charge in [0, 0.05) is 46.8 Å². The second kappa shape index (κ2) is 41.0. The zero-order chi connectivity index (χ0) is 81.5. The van der Waals surface area contributed by atoms with E-state index in [0.717, 1.165) is 24.9 Å². The Kier molecular flexibility index (Phi) is 32.9. The summed E-state index contributed by atoms with van der Waals surface area (Å²) in [5, 5.41) is 20.6. The van der Waals surface area contributed by atoms with E-state index in [4.69, 9.17) is 14.2 Å². The number of alkyl carbamates (subject to hydrolysis) is 2. The fourth-order valence-corrected chi connectivity index (χ4v) is 15.1. The van der Waals surface area contributed by atoms with E-state index in [1.807, 2.05) is 0 Å². The highest BCUT2D eigenvalue weighted by molar-refractivity contribution is 5.99. The van der Waals surface area contributed by atoms with E-state index in [-0.39, 0.29) is 81.7 Å². The molecule has 9 rings (SSSR count). The predicted octanol–water partition coefficient (Wildman–Crippen LogP) is 13.8. The lowest BCUT2D eigenvalue weighted by molar-refractivity contribution is -0.161. The summed E-state index contributed by atoms with van der Waals surface area (Å²) in [6.45, 7) is 4.80. The number of carbonyl (C=O) groups is 9. The Morgan fingerprint density at radius 2 is 0.982 bits per heavy atom. The molecule has 7 amide bonds. The van der Waals surface area contributed by atoms with Crippen LogP contribution >= 0.6 is 0 Å². The van der Waals surface area contributed by atoms with Crippen LogP contribution in [0.3, 0.4) is 0 Å². The number of nitrogens with zero attached hydrogens (tertiary/aromatic N) is 4. The second-order valence-electron chi connectivity index (χ2n) is 30.5. The van der Waals surface area contributed by atoms with Gasteiger partial charge in [-0.2, -0.15) is 26.3 Å². The van der Waals surface area contributed by atoms with Crippen LogP contribution in [-0.4, -0.2) is 167 Å². The van der Waals surface area contributed by atoms with Gasteiger partial charge >= 0.3 is 36.5 Å². The zero-order valence-corrected chi connectivity index (χ0v) is 63.9. The number of aryl methyl sites for hydroxylation is 2. The average Bonchev–Trinajstić information content (AvgIpc) is 1.74. The molecule has 111 heavy (non-hydrogen) atoms. The van der Waals surface area contributed by atoms with Gasteiger partial charge in [0.2, 0.25) is 29.5 Å². The summed E-state index contributed by atoms with van der Waals surface area (Å²) in [6, 6.07) is 14.5. The topological polar surface area (TPSA) is 263 Å². The minimum absolute atomic E-state index is 0.0409. The highest BCUT2D eigenvalue weighted by Crippen LogP contribution is 2.39. The van der Waals surface area contributed by atoms with Crippen molar-refractivity contribution in [3.05, 3.63) is 142 Å². The number of esters is 1. The Morgan fingerprint density at radius 3 is 1.41 bits per heavy atom. The minimum Gasteiger partial charge on any atom is -0.480 e. The predicted molar refractivity (Wildman–Crippen MR) is 389 cm³/mol. The third kappa shape index (κ3) is 26.6. The van der Waals surface area contributed by atoms with Gasteiger partial charge in [0.05, 0.1) is 6.42 Å². The standard InChI is InChI=1S/C49H65F5N6O9.C19H16F5NO4.C12H23N/c1-47(2,3)69-38(61)28-37(43(64)57(4)5)58(6)44(65)40(32-18-11-12-19-32)59(7)45(66)48(23-13-14-24-48)56-41(62)36-20-15-25-60(36)42(63)35(55-46(67)68-29-30-16-9-8-10-17-30)22-21-31-26-33(50)39(34(51)27-31)49(52,53)54;20-13-8-12(9-14(21)16(13)19(22,23)24)6-7-15(17(26)27)25-18(28)29-10-11-4-2-1-3-5-11;1-3-7-11(8-4-1)13-12-9-5-2-6-10-12/h8-10,16-17,26-27,32,35-37,40H,11-15,18-25,28-29H2,1-7H3,(H,55,67)(H,56,62);1-5,8-9,15H,6-7,10H2,(H,25,28)(H,26,27);11-13H,1-10H2/t35-,36-,37-,40-;15-;/m00./s1. The van der Waals surface area contributed by atoms with Gasteiger partial charge in [-0.3, -0.25) is 28.8 Å². The Labute approximate surface area is 641 Å². The largest absolute Gasteiger partial charge is 0.480 e. The van der Waals surface area contributed by atoms with Gasteiger partial charge < -0.3 is 60.2 Å². The van der Waals surface area contributed by atoms with Crippen LogP contribution in [0.25, 0.3) is 0 Å². The molecule has 4 saturated carbocycles. The molecule has 5 atom stereocenters. The van der Waals surface area contributed by atoms with Crippen molar-refractivity contribution in [2.45, 2.75) is 260 Å². The molecular weight excluding hydrogens is 1470 g/mol. The maximum atomic E-state index is 15.0. The Bertz CT molecular complexity index is 3720. The fraction of sp³-hybridized carbons (Fsp3) is 0.588. The number of halogens is 10. The summed E-state index contributed by atoms with van der Waals surface area (Å²) >= 11 is 0. The molecule has 1 aliphatic heterocycles. The number of likely N-dealkylation sites (tertiary alicyclic amines) is 1. The molecule has 5 fully saturated rings. The van der Waals surface area contributed by atoms with Crippen molar-refractivity contribution >= 4 is 53.7 Å². The highest BCUT2D eigenvalue weighted by atomic mass is 19.4. The number of hydrogen-bond donors (Lipinski definition) is 5. The molecule has 31 heteroatoms. The van der Waals surface area contributed by atoms with E-state index in [9.17, 15) is 92.2 Å². The van der Waals surface area contributed by atoms with E-state index < -0.39 is 148 Å². The molecule has 4 aliphatic carbocycles. The summed E-state index contributed by atoms with van der Waals surface area (Å²) < 4.78 is 150. The Morgan fingerprint density at radius 1 is 0.550 bits per heavy atom. The second-order valence-corrected chi connectivity index (χ2v) is 30.5. The smallest absolute Gasteiger partial charge is 0.422 e. The van der Waals surface area contributed by atoms with E-state index >= 15 is 0 Å². The number of ether oxygens (including phenoxy) is 3. The number of rotatable bonds is 26. The average molecular weight is 1580 g/mol. The molecule has 5 aliphatic rings. The molecule has 4 aromatic carbocycles. The van der Waals surface area contributed by atoms with Gasteiger partial charge in [0.25, 0.3) is 0 Å². The minimum atomic E-state index is -5.30. The van der Waals surface area contributed by atoms with Crippen molar-refractivity contribution in [3.63, 3.8) is 0 Å². The van der Waals surface area contributed by atoms with Crippen LogP contribution in [0.4, 0.5) is 53.5 Å². The quantitative estimate of drug-likeness (QED) is 0.0222. The molecule has 5 N–H and O–H groups in total. The lowest BCUT2D eigenvalue weighted by atomic mass is 9.90. The fourth-order valence-electron chi connectivity index (χ4n) is 15.1. The molecule has 0 aromatic heterocycles. The number of nitrogens with one attached hydrogen (secondary N) is 4. The molecule has 1 saturated heterocycles. The van der Waals surface area contributed by atoms with Crippen LogP contribution in [0.15, 0.2) is 84.9 Å². The lowest BCUT2D eigenvalue weighted by Gasteiger charge is -2.41. The first-order chi connectivity index (χ1) is 52.4. The van der Waals surface area contributed by atoms with Gasteiger partial charge in [0.1, 0.15) is 89.0 Å². The number of carboxylic acids is 1. The van der Waals surface area contributed by atoms with Gasteiger partial charge in [-0.25, -0.2) is 31.9 Å². The number of aliphatic carboxylic acids is 1. The van der Waals surface area contributed by atoms with Gasteiger partial charge in [-0.05, 0) is 163 Å². The number of benzene rings is 4. The van der Waals surface area contributed by atoms with Crippen LogP contribution in [0, 0.1) is 29.2 Å². The molecule has 0 spiro atoms. The summed E-state index contributed by atoms with van der Waals surface area (Å²) in [7, 11) is 5.92. The molecule has 1 heterocycles. The molecule has 0 bridgehead atoms. The number of hydrogen-bond acceptors (Lipinski definition) is 13. The van der Waals surface area contributed by atoms with Gasteiger partial charge in [0.15, 0.2) is 0 Å².